The van der Waals surface area contributed by atoms with Gasteiger partial charge in [-0.15, -0.1) is 0 Å². The largest absolute Gasteiger partial charge is 0.491 e. The topological polar surface area (TPSA) is 60.5 Å². The average molecular weight is 431 g/mol. The van der Waals surface area contributed by atoms with Gasteiger partial charge in [-0.05, 0) is 30.3 Å². The van der Waals surface area contributed by atoms with E-state index in [0.717, 1.165) is 24.3 Å². The van der Waals surface area contributed by atoms with Crippen LogP contribution in [0.25, 0.3) is 0 Å². The van der Waals surface area contributed by atoms with Crippen LogP contribution in [0, 0.1) is 0 Å². The maximum atomic E-state index is 13.5. The van der Waals surface area contributed by atoms with Crippen LogP contribution in [-0.4, -0.2) is 63.1 Å². The van der Waals surface area contributed by atoms with E-state index >= 15 is 0 Å². The number of hydrogen-bond donors (Lipinski definition) is 0. The van der Waals surface area contributed by atoms with Gasteiger partial charge >= 0.3 is 0 Å². The summed E-state index contributed by atoms with van der Waals surface area (Å²) in [5.74, 6) is -0.906. The summed E-state index contributed by atoms with van der Waals surface area (Å²) >= 11 is 5.92. The second-order valence-electron chi connectivity index (χ2n) is 7.55. The Kier molecular flexibility index (Phi) is 5.39. The Hall–Kier alpha value is -2.16. The Bertz CT molecular complexity index is 918. The van der Waals surface area contributed by atoms with E-state index in [0.29, 0.717) is 30.7 Å². The summed E-state index contributed by atoms with van der Waals surface area (Å²) in [7, 11) is 0. The van der Waals surface area contributed by atoms with E-state index < -0.39 is 5.79 Å². The first-order valence-corrected chi connectivity index (χ1v) is 10.5. The van der Waals surface area contributed by atoms with Crippen molar-refractivity contribution in [2.75, 3.05) is 51.1 Å². The molecule has 3 aliphatic heterocycles. The molecular formula is C22H23ClN2O5. The van der Waals surface area contributed by atoms with Crippen molar-refractivity contribution in [1.29, 1.82) is 0 Å². The highest BCUT2D eigenvalue weighted by atomic mass is 35.5. The average Bonchev–Trinajstić information content (AvgIpc) is 3.31. The normalized spacial score (nSPS) is 26.4. The lowest BCUT2D eigenvalue weighted by Crippen LogP contribution is -2.49. The SMILES string of the molecule is O=C1N(CN2CCOCC2)c2ccccc2[C@@]12OC[C@@H](COc1ccc(Cl)cc1)O2. The fourth-order valence-corrected chi connectivity index (χ4v) is 4.17. The zero-order chi connectivity index (χ0) is 20.6. The molecule has 2 aromatic carbocycles. The zero-order valence-corrected chi connectivity index (χ0v) is 17.2. The molecule has 0 unspecified atom stereocenters. The number of fused-ring (bicyclic) bond motifs is 2. The van der Waals surface area contributed by atoms with Gasteiger partial charge in [0.1, 0.15) is 18.5 Å². The van der Waals surface area contributed by atoms with Gasteiger partial charge in [0, 0.05) is 23.7 Å². The van der Waals surface area contributed by atoms with Crippen molar-refractivity contribution in [2.45, 2.75) is 11.9 Å². The third kappa shape index (κ3) is 3.57. The van der Waals surface area contributed by atoms with Crippen molar-refractivity contribution in [3.63, 3.8) is 0 Å². The molecule has 2 aromatic rings. The fourth-order valence-electron chi connectivity index (χ4n) is 4.04. The third-order valence-electron chi connectivity index (χ3n) is 5.58. The molecule has 5 rings (SSSR count). The van der Waals surface area contributed by atoms with Crippen LogP contribution in [-0.2, 0) is 24.8 Å². The van der Waals surface area contributed by atoms with E-state index in [2.05, 4.69) is 4.90 Å². The van der Waals surface area contributed by atoms with Crippen LogP contribution in [0.2, 0.25) is 5.02 Å². The van der Waals surface area contributed by atoms with E-state index in [1.807, 2.05) is 24.3 Å². The van der Waals surface area contributed by atoms with E-state index in [1.54, 1.807) is 29.2 Å². The van der Waals surface area contributed by atoms with Gasteiger partial charge in [-0.2, -0.15) is 0 Å². The van der Waals surface area contributed by atoms with Crippen LogP contribution in [0.5, 0.6) is 5.75 Å². The number of anilines is 1. The number of morpholine rings is 1. The summed E-state index contributed by atoms with van der Waals surface area (Å²) in [5.41, 5.74) is 1.57. The highest BCUT2D eigenvalue weighted by Gasteiger charge is 2.58. The zero-order valence-electron chi connectivity index (χ0n) is 16.5. The van der Waals surface area contributed by atoms with Crippen molar-refractivity contribution in [1.82, 2.24) is 4.90 Å². The smallest absolute Gasteiger partial charge is 0.293 e. The van der Waals surface area contributed by atoms with Crippen LogP contribution in [0.15, 0.2) is 48.5 Å². The number of carbonyl (C=O) groups excluding carboxylic acids is 1. The highest BCUT2D eigenvalue weighted by molar-refractivity contribution is 6.30. The van der Waals surface area contributed by atoms with E-state index in [-0.39, 0.29) is 25.2 Å². The Balaban J connectivity index is 1.32. The Labute approximate surface area is 180 Å². The second-order valence-corrected chi connectivity index (χ2v) is 7.99. The molecule has 0 aromatic heterocycles. The lowest BCUT2D eigenvalue weighted by molar-refractivity contribution is -0.187. The minimum absolute atomic E-state index is 0.191. The number of para-hydroxylation sites is 1. The molecule has 3 heterocycles. The summed E-state index contributed by atoms with van der Waals surface area (Å²) in [4.78, 5) is 17.4. The lowest BCUT2D eigenvalue weighted by Gasteiger charge is -2.31. The number of nitrogens with zero attached hydrogens (tertiary/aromatic N) is 2. The van der Waals surface area contributed by atoms with Crippen molar-refractivity contribution in [3.8, 4) is 5.75 Å². The number of carbonyl (C=O) groups is 1. The van der Waals surface area contributed by atoms with Gasteiger partial charge in [-0.25, -0.2) is 0 Å². The molecule has 30 heavy (non-hydrogen) atoms. The molecule has 0 saturated carbocycles. The molecule has 0 N–H and O–H groups in total. The summed E-state index contributed by atoms with van der Waals surface area (Å²) in [5, 5.41) is 0.648. The lowest BCUT2D eigenvalue weighted by atomic mass is 10.1. The summed E-state index contributed by atoms with van der Waals surface area (Å²) in [6.45, 7) is 3.97. The minimum Gasteiger partial charge on any atom is -0.491 e. The highest BCUT2D eigenvalue weighted by Crippen LogP contribution is 2.47. The second kappa shape index (κ2) is 8.17. The van der Waals surface area contributed by atoms with Crippen molar-refractivity contribution < 1.29 is 23.7 Å². The Morgan fingerprint density at radius 2 is 1.87 bits per heavy atom. The molecule has 0 bridgehead atoms. The van der Waals surface area contributed by atoms with Gasteiger partial charge in [0.05, 0.1) is 32.2 Å². The monoisotopic (exact) mass is 430 g/mol. The van der Waals surface area contributed by atoms with E-state index in [4.69, 9.17) is 30.5 Å². The predicted octanol–water partition coefficient (Wildman–Crippen LogP) is 2.62. The Morgan fingerprint density at radius 1 is 1.10 bits per heavy atom. The van der Waals surface area contributed by atoms with Crippen LogP contribution >= 0.6 is 11.6 Å². The number of ether oxygens (including phenoxy) is 4. The van der Waals surface area contributed by atoms with Crippen LogP contribution in [0.3, 0.4) is 0 Å². The molecule has 158 valence electrons. The molecule has 0 radical (unpaired) electrons. The molecule has 7 nitrogen and oxygen atoms in total. The maximum absolute atomic E-state index is 13.5. The van der Waals surface area contributed by atoms with Crippen LogP contribution in [0.4, 0.5) is 5.69 Å². The molecule has 2 atom stereocenters. The Morgan fingerprint density at radius 3 is 2.67 bits per heavy atom. The molecule has 1 spiro atoms. The summed E-state index contributed by atoms with van der Waals surface area (Å²) < 4.78 is 23.5. The molecule has 3 aliphatic rings. The number of benzene rings is 2. The van der Waals surface area contributed by atoms with Gasteiger partial charge in [0.2, 0.25) is 0 Å². The quantitative estimate of drug-likeness (QED) is 0.726. The molecule has 8 heteroatoms. The van der Waals surface area contributed by atoms with Gasteiger partial charge in [-0.1, -0.05) is 29.8 Å². The van der Waals surface area contributed by atoms with E-state index in [1.165, 1.54) is 0 Å². The summed E-state index contributed by atoms with van der Waals surface area (Å²) in [6, 6.07) is 14.8. The first kappa shape index (κ1) is 19.8. The molecule has 2 saturated heterocycles. The standard InChI is InChI=1S/C22H23ClN2O5/c23-16-5-7-17(8-6-16)28-13-18-14-29-22(30-18)19-3-1-2-4-20(19)25(21(22)26)15-24-9-11-27-12-10-24/h1-8,18H,9-15H2/t18-,22+/m1/s1. The number of hydrogen-bond acceptors (Lipinski definition) is 6. The number of halogens is 1. The number of amides is 1. The van der Waals surface area contributed by atoms with Gasteiger partial charge in [0.15, 0.2) is 0 Å². The van der Waals surface area contributed by atoms with Crippen molar-refractivity contribution in [2.24, 2.45) is 0 Å². The van der Waals surface area contributed by atoms with Gasteiger partial charge < -0.3 is 18.9 Å². The van der Waals surface area contributed by atoms with Gasteiger partial charge in [-0.3, -0.25) is 14.6 Å². The van der Waals surface area contributed by atoms with Crippen molar-refractivity contribution in [3.05, 3.63) is 59.1 Å². The molecule has 2 fully saturated rings. The molecule has 0 aliphatic carbocycles. The van der Waals surface area contributed by atoms with Crippen LogP contribution < -0.4 is 9.64 Å². The number of rotatable bonds is 5. The third-order valence-corrected chi connectivity index (χ3v) is 5.83. The van der Waals surface area contributed by atoms with Crippen molar-refractivity contribution >= 4 is 23.2 Å². The molecular weight excluding hydrogens is 408 g/mol. The maximum Gasteiger partial charge on any atom is 0.293 e. The van der Waals surface area contributed by atoms with E-state index in [9.17, 15) is 4.79 Å². The first-order valence-electron chi connectivity index (χ1n) is 10.1. The predicted molar refractivity (Wildman–Crippen MR) is 111 cm³/mol. The molecule has 1 amide bonds. The fraction of sp³-hybridized carbons (Fsp3) is 0.409. The minimum atomic E-state index is -1.41. The first-order chi connectivity index (χ1) is 14.7. The van der Waals surface area contributed by atoms with Gasteiger partial charge in [0.25, 0.3) is 11.7 Å². The van der Waals surface area contributed by atoms with Crippen LogP contribution in [0.1, 0.15) is 5.56 Å². The summed E-state index contributed by atoms with van der Waals surface area (Å²) in [6.07, 6.45) is -0.360.